The van der Waals surface area contributed by atoms with E-state index in [4.69, 9.17) is 4.74 Å². The SMILES string of the molecule is C=CC(=O)C1N(C(=O)OC(C)(C)C)CCC1(C)C. The van der Waals surface area contributed by atoms with E-state index in [-0.39, 0.29) is 11.2 Å². The van der Waals surface area contributed by atoms with Crippen LogP contribution in [0.1, 0.15) is 41.0 Å². The Morgan fingerprint density at radius 3 is 2.39 bits per heavy atom. The fourth-order valence-corrected chi connectivity index (χ4v) is 2.26. The van der Waals surface area contributed by atoms with Crippen LogP contribution in [0.15, 0.2) is 12.7 Å². The number of hydrogen-bond donors (Lipinski definition) is 0. The Morgan fingerprint density at radius 1 is 1.39 bits per heavy atom. The van der Waals surface area contributed by atoms with Crippen molar-refractivity contribution < 1.29 is 14.3 Å². The fourth-order valence-electron chi connectivity index (χ4n) is 2.26. The molecule has 18 heavy (non-hydrogen) atoms. The number of likely N-dealkylation sites (tertiary alicyclic amines) is 1. The summed E-state index contributed by atoms with van der Waals surface area (Å²) in [5.41, 5.74) is -0.784. The third-order valence-corrected chi connectivity index (χ3v) is 3.15. The van der Waals surface area contributed by atoms with Crippen molar-refractivity contribution in [2.45, 2.75) is 52.7 Å². The second-order valence-electron chi connectivity index (χ2n) is 6.42. The highest BCUT2D eigenvalue weighted by Gasteiger charge is 2.47. The largest absolute Gasteiger partial charge is 0.444 e. The van der Waals surface area contributed by atoms with Crippen molar-refractivity contribution in [1.29, 1.82) is 0 Å². The molecular formula is C14H23NO3. The molecule has 0 N–H and O–H groups in total. The number of carbonyl (C=O) groups excluding carboxylic acids is 2. The third kappa shape index (κ3) is 3.12. The molecule has 1 unspecified atom stereocenters. The lowest BCUT2D eigenvalue weighted by Gasteiger charge is -2.32. The Kier molecular flexibility index (Phi) is 3.89. The van der Waals surface area contributed by atoms with Gasteiger partial charge in [0.25, 0.3) is 0 Å². The van der Waals surface area contributed by atoms with Crippen LogP contribution in [0.25, 0.3) is 0 Å². The van der Waals surface area contributed by atoms with Gasteiger partial charge in [0, 0.05) is 6.54 Å². The summed E-state index contributed by atoms with van der Waals surface area (Å²) in [6.07, 6.45) is 1.65. The molecule has 4 heteroatoms. The lowest BCUT2D eigenvalue weighted by atomic mass is 9.82. The highest BCUT2D eigenvalue weighted by molar-refractivity contribution is 5.96. The Morgan fingerprint density at radius 2 is 1.94 bits per heavy atom. The van der Waals surface area contributed by atoms with Crippen LogP contribution in [0.4, 0.5) is 4.79 Å². The summed E-state index contributed by atoms with van der Waals surface area (Å²) < 4.78 is 5.34. The summed E-state index contributed by atoms with van der Waals surface area (Å²) in [7, 11) is 0. The minimum Gasteiger partial charge on any atom is -0.444 e. The smallest absolute Gasteiger partial charge is 0.410 e. The van der Waals surface area contributed by atoms with E-state index in [9.17, 15) is 9.59 Å². The lowest BCUT2D eigenvalue weighted by molar-refractivity contribution is -0.121. The zero-order chi connectivity index (χ0) is 14.1. The molecule has 1 aliphatic rings. The molecule has 102 valence electrons. The van der Waals surface area contributed by atoms with E-state index in [1.165, 1.54) is 11.0 Å². The van der Waals surface area contributed by atoms with Crippen LogP contribution in [0.2, 0.25) is 0 Å². The van der Waals surface area contributed by atoms with Crippen molar-refractivity contribution in [1.82, 2.24) is 4.90 Å². The molecule has 0 aromatic heterocycles. The van der Waals surface area contributed by atoms with Crippen LogP contribution >= 0.6 is 0 Å². The first-order chi connectivity index (χ1) is 8.08. The second-order valence-corrected chi connectivity index (χ2v) is 6.42. The van der Waals surface area contributed by atoms with Gasteiger partial charge in [-0.15, -0.1) is 0 Å². The summed E-state index contributed by atoms with van der Waals surface area (Å²) in [5.74, 6) is -0.122. The second kappa shape index (κ2) is 4.75. The van der Waals surface area contributed by atoms with Gasteiger partial charge in [-0.3, -0.25) is 9.69 Å². The number of carbonyl (C=O) groups is 2. The van der Waals surface area contributed by atoms with Crippen LogP contribution in [-0.4, -0.2) is 35.0 Å². The summed E-state index contributed by atoms with van der Waals surface area (Å²) >= 11 is 0. The van der Waals surface area contributed by atoms with Gasteiger partial charge >= 0.3 is 6.09 Å². The van der Waals surface area contributed by atoms with E-state index in [1.54, 1.807) is 0 Å². The van der Waals surface area contributed by atoms with Gasteiger partial charge in [0.2, 0.25) is 0 Å². The molecule has 0 aliphatic carbocycles. The molecule has 4 nitrogen and oxygen atoms in total. The number of amides is 1. The average Bonchev–Trinajstić information content (AvgIpc) is 2.50. The van der Waals surface area contributed by atoms with E-state index in [0.717, 1.165) is 6.42 Å². The first kappa shape index (κ1) is 14.7. The van der Waals surface area contributed by atoms with Gasteiger partial charge in [0.15, 0.2) is 5.78 Å². The molecule has 1 atom stereocenters. The molecule has 0 aromatic rings. The van der Waals surface area contributed by atoms with Gasteiger partial charge < -0.3 is 4.74 Å². The quantitative estimate of drug-likeness (QED) is 0.711. The van der Waals surface area contributed by atoms with E-state index in [0.29, 0.717) is 6.54 Å². The number of rotatable bonds is 2. The molecule has 0 saturated carbocycles. The molecule has 0 radical (unpaired) electrons. The summed E-state index contributed by atoms with van der Waals surface area (Å²) in [4.78, 5) is 25.6. The van der Waals surface area contributed by atoms with Gasteiger partial charge in [0.1, 0.15) is 11.6 Å². The Balaban J connectivity index is 2.92. The van der Waals surface area contributed by atoms with E-state index >= 15 is 0 Å². The first-order valence-electron chi connectivity index (χ1n) is 6.24. The normalized spacial score (nSPS) is 22.7. The molecule has 1 amide bonds. The standard InChI is InChI=1S/C14H23NO3/c1-7-10(16)11-14(5,6)8-9-15(11)12(17)18-13(2,3)4/h7,11H,1,8-9H2,2-6H3. The van der Waals surface area contributed by atoms with Crippen LogP contribution < -0.4 is 0 Å². The van der Waals surface area contributed by atoms with E-state index in [2.05, 4.69) is 6.58 Å². The molecular weight excluding hydrogens is 230 g/mol. The molecule has 0 spiro atoms. The molecule has 1 heterocycles. The maximum atomic E-state index is 12.1. The zero-order valence-corrected chi connectivity index (χ0v) is 11.9. The van der Waals surface area contributed by atoms with Crippen molar-refractivity contribution in [3.05, 3.63) is 12.7 Å². The monoisotopic (exact) mass is 253 g/mol. The Bertz CT molecular complexity index is 366. The summed E-state index contributed by atoms with van der Waals surface area (Å²) in [6, 6.07) is -0.468. The summed E-state index contributed by atoms with van der Waals surface area (Å²) in [6.45, 7) is 13.5. The predicted octanol–water partition coefficient (Wildman–Crippen LogP) is 2.78. The van der Waals surface area contributed by atoms with Crippen molar-refractivity contribution in [2.24, 2.45) is 5.41 Å². The van der Waals surface area contributed by atoms with E-state index < -0.39 is 17.7 Å². The minimum absolute atomic E-state index is 0.122. The van der Waals surface area contributed by atoms with Gasteiger partial charge in [-0.1, -0.05) is 20.4 Å². The highest BCUT2D eigenvalue weighted by Crippen LogP contribution is 2.37. The van der Waals surface area contributed by atoms with Crippen LogP contribution in [0, 0.1) is 5.41 Å². The van der Waals surface area contributed by atoms with Crippen molar-refractivity contribution >= 4 is 11.9 Å². The maximum absolute atomic E-state index is 12.1. The zero-order valence-electron chi connectivity index (χ0n) is 11.9. The molecule has 0 bridgehead atoms. The van der Waals surface area contributed by atoms with Crippen molar-refractivity contribution in [3.63, 3.8) is 0 Å². The van der Waals surface area contributed by atoms with Crippen LogP contribution in [0.3, 0.4) is 0 Å². The third-order valence-electron chi connectivity index (χ3n) is 3.15. The van der Waals surface area contributed by atoms with Gasteiger partial charge in [0.05, 0.1) is 0 Å². The molecule has 1 fully saturated rings. The highest BCUT2D eigenvalue weighted by atomic mass is 16.6. The molecule has 1 aliphatic heterocycles. The predicted molar refractivity (Wildman–Crippen MR) is 70.3 cm³/mol. The number of nitrogens with zero attached hydrogens (tertiary/aromatic N) is 1. The topological polar surface area (TPSA) is 46.6 Å². The van der Waals surface area contributed by atoms with Gasteiger partial charge in [-0.25, -0.2) is 4.79 Å². The fraction of sp³-hybridized carbons (Fsp3) is 0.714. The maximum Gasteiger partial charge on any atom is 0.410 e. The summed E-state index contributed by atoms with van der Waals surface area (Å²) in [5, 5.41) is 0. The lowest BCUT2D eigenvalue weighted by Crippen LogP contribution is -2.47. The molecule has 1 saturated heterocycles. The average molecular weight is 253 g/mol. The number of ether oxygens (including phenoxy) is 1. The Hall–Kier alpha value is -1.32. The molecule has 0 aromatic carbocycles. The minimum atomic E-state index is -0.550. The first-order valence-corrected chi connectivity index (χ1v) is 6.24. The molecule has 1 rings (SSSR count). The van der Waals surface area contributed by atoms with E-state index in [1.807, 2.05) is 34.6 Å². The van der Waals surface area contributed by atoms with Crippen molar-refractivity contribution in [3.8, 4) is 0 Å². The van der Waals surface area contributed by atoms with Crippen LogP contribution in [-0.2, 0) is 9.53 Å². The van der Waals surface area contributed by atoms with Crippen molar-refractivity contribution in [2.75, 3.05) is 6.54 Å². The number of ketones is 1. The number of hydrogen-bond acceptors (Lipinski definition) is 3. The van der Waals surface area contributed by atoms with Gasteiger partial charge in [-0.05, 0) is 38.7 Å². The van der Waals surface area contributed by atoms with Gasteiger partial charge in [-0.2, -0.15) is 0 Å². The van der Waals surface area contributed by atoms with Crippen LogP contribution in [0.5, 0.6) is 0 Å². The Labute approximate surface area is 109 Å².